The third kappa shape index (κ3) is 3.59. The van der Waals surface area contributed by atoms with Crippen molar-refractivity contribution < 1.29 is 13.3 Å². The van der Waals surface area contributed by atoms with Crippen LogP contribution in [0.5, 0.6) is 0 Å². The van der Waals surface area contributed by atoms with Crippen LogP contribution in [-0.4, -0.2) is 24.9 Å². The van der Waals surface area contributed by atoms with E-state index >= 15 is 0 Å². The van der Waals surface area contributed by atoms with Crippen molar-refractivity contribution in [2.75, 3.05) is 0 Å². The molecule has 4 rings (SSSR count). The van der Waals surface area contributed by atoms with Crippen LogP contribution in [0.1, 0.15) is 5.82 Å². The van der Waals surface area contributed by atoms with E-state index in [1.54, 1.807) is 41.9 Å². The van der Waals surface area contributed by atoms with Gasteiger partial charge in [0, 0.05) is 12.6 Å². The summed E-state index contributed by atoms with van der Waals surface area (Å²) in [5, 5.41) is 12.7. The van der Waals surface area contributed by atoms with Crippen LogP contribution in [-0.2, 0) is 12.8 Å². The molecule has 0 aliphatic heterocycles. The first-order valence-corrected chi connectivity index (χ1v) is 8.96. The highest BCUT2D eigenvalue weighted by Gasteiger charge is 2.16. The van der Waals surface area contributed by atoms with Crippen LogP contribution in [0.2, 0.25) is 0 Å². The molecule has 2 aromatic heterocycles. The lowest BCUT2D eigenvalue weighted by Crippen LogP contribution is -1.97. The summed E-state index contributed by atoms with van der Waals surface area (Å²) in [6, 6.07) is 12.2. The summed E-state index contributed by atoms with van der Waals surface area (Å²) >= 11 is 1.35. The number of hydrogen-bond acceptors (Lipinski definition) is 6. The van der Waals surface area contributed by atoms with Crippen LogP contribution in [0.3, 0.4) is 0 Å². The first kappa shape index (κ1) is 17.3. The summed E-state index contributed by atoms with van der Waals surface area (Å²) in [5.41, 5.74) is 1.03. The summed E-state index contributed by atoms with van der Waals surface area (Å²) in [6.45, 7) is 0. The maximum absolute atomic E-state index is 14.0. The topological polar surface area (TPSA) is 69.6 Å². The van der Waals surface area contributed by atoms with E-state index in [4.69, 9.17) is 4.52 Å². The quantitative estimate of drug-likeness (QED) is 0.482. The van der Waals surface area contributed by atoms with Crippen molar-refractivity contribution in [2.24, 2.45) is 7.05 Å². The molecule has 2 heterocycles. The molecular weight excluding hydrogens is 372 g/mol. The SMILES string of the molecule is Cn1c(SCc2noc(-c3ccc(F)cc3)n2)nnc1-c1ccccc1F. The Bertz CT molecular complexity index is 1080. The molecule has 2 aromatic carbocycles. The highest BCUT2D eigenvalue weighted by atomic mass is 32.2. The third-order valence-electron chi connectivity index (χ3n) is 3.84. The van der Waals surface area contributed by atoms with Gasteiger partial charge in [-0.1, -0.05) is 29.1 Å². The van der Waals surface area contributed by atoms with Crippen molar-refractivity contribution in [1.82, 2.24) is 24.9 Å². The van der Waals surface area contributed by atoms with Crippen molar-refractivity contribution in [3.05, 3.63) is 66.0 Å². The number of thioether (sulfide) groups is 1. The van der Waals surface area contributed by atoms with Gasteiger partial charge >= 0.3 is 0 Å². The fraction of sp³-hybridized carbons (Fsp3) is 0.111. The molecule has 9 heteroatoms. The molecule has 0 atom stereocenters. The Morgan fingerprint density at radius 1 is 1.04 bits per heavy atom. The number of nitrogens with zero attached hydrogens (tertiary/aromatic N) is 5. The molecule has 6 nitrogen and oxygen atoms in total. The Morgan fingerprint density at radius 3 is 2.59 bits per heavy atom. The number of rotatable bonds is 5. The Balaban J connectivity index is 1.49. The van der Waals surface area contributed by atoms with Gasteiger partial charge in [0.15, 0.2) is 16.8 Å². The molecule has 0 bridgehead atoms. The smallest absolute Gasteiger partial charge is 0.257 e. The van der Waals surface area contributed by atoms with E-state index in [-0.39, 0.29) is 11.6 Å². The maximum atomic E-state index is 14.0. The van der Waals surface area contributed by atoms with E-state index in [0.717, 1.165) is 0 Å². The minimum Gasteiger partial charge on any atom is -0.334 e. The van der Waals surface area contributed by atoms with Gasteiger partial charge in [-0.2, -0.15) is 4.98 Å². The Hall–Kier alpha value is -3.07. The lowest BCUT2D eigenvalue weighted by Gasteiger charge is -2.03. The highest BCUT2D eigenvalue weighted by molar-refractivity contribution is 7.98. The number of halogens is 2. The standard InChI is InChI=1S/C18H13F2N5OS/c1-25-16(13-4-2-3-5-14(13)20)22-23-18(25)27-10-15-21-17(26-24-15)11-6-8-12(19)9-7-11/h2-9H,10H2,1H3. The molecule has 0 radical (unpaired) electrons. The van der Waals surface area contributed by atoms with E-state index in [9.17, 15) is 8.78 Å². The van der Waals surface area contributed by atoms with E-state index in [0.29, 0.717) is 39.6 Å². The minimum absolute atomic E-state index is 0.315. The summed E-state index contributed by atoms with van der Waals surface area (Å²) in [6.07, 6.45) is 0. The van der Waals surface area contributed by atoms with Gasteiger partial charge in [-0.3, -0.25) is 0 Å². The third-order valence-corrected chi connectivity index (χ3v) is 4.86. The van der Waals surface area contributed by atoms with Gasteiger partial charge in [0.2, 0.25) is 0 Å². The normalized spacial score (nSPS) is 11.1. The van der Waals surface area contributed by atoms with E-state index in [1.807, 2.05) is 0 Å². The summed E-state index contributed by atoms with van der Waals surface area (Å²) in [4.78, 5) is 4.30. The van der Waals surface area contributed by atoms with E-state index in [2.05, 4.69) is 20.3 Å². The van der Waals surface area contributed by atoms with Gasteiger partial charge in [-0.15, -0.1) is 10.2 Å². The van der Waals surface area contributed by atoms with Crippen LogP contribution >= 0.6 is 11.8 Å². The van der Waals surface area contributed by atoms with Crippen molar-refractivity contribution in [3.63, 3.8) is 0 Å². The summed E-state index contributed by atoms with van der Waals surface area (Å²) < 4.78 is 33.9. The average Bonchev–Trinajstić information content (AvgIpc) is 3.28. The Kier molecular flexibility index (Phi) is 4.68. The van der Waals surface area contributed by atoms with Gasteiger partial charge in [0.05, 0.1) is 11.3 Å². The Morgan fingerprint density at radius 2 is 1.81 bits per heavy atom. The molecule has 0 amide bonds. The largest absolute Gasteiger partial charge is 0.334 e. The van der Waals surface area contributed by atoms with Crippen LogP contribution < -0.4 is 0 Å². The maximum Gasteiger partial charge on any atom is 0.257 e. The monoisotopic (exact) mass is 385 g/mol. The molecule has 0 aliphatic carbocycles. The lowest BCUT2D eigenvalue weighted by molar-refractivity contribution is 0.425. The molecule has 0 unspecified atom stereocenters. The van der Waals surface area contributed by atoms with Gasteiger partial charge in [0.25, 0.3) is 5.89 Å². The molecule has 27 heavy (non-hydrogen) atoms. The van der Waals surface area contributed by atoms with Gasteiger partial charge < -0.3 is 9.09 Å². The second-order valence-corrected chi connectivity index (χ2v) is 6.60. The summed E-state index contributed by atoms with van der Waals surface area (Å²) in [5.74, 6) is 0.934. The molecule has 0 saturated heterocycles. The van der Waals surface area contributed by atoms with Crippen LogP contribution in [0.15, 0.2) is 58.2 Å². The molecule has 0 fully saturated rings. The first-order valence-electron chi connectivity index (χ1n) is 7.97. The second kappa shape index (κ2) is 7.28. The number of hydrogen-bond donors (Lipinski definition) is 0. The van der Waals surface area contributed by atoms with E-state index < -0.39 is 0 Å². The predicted octanol–water partition coefficient (Wildman–Crippen LogP) is 4.10. The van der Waals surface area contributed by atoms with Crippen molar-refractivity contribution in [3.8, 4) is 22.8 Å². The Labute approximate surface area is 157 Å². The van der Waals surface area contributed by atoms with E-state index in [1.165, 1.54) is 30.0 Å². The van der Waals surface area contributed by atoms with Crippen molar-refractivity contribution in [2.45, 2.75) is 10.9 Å². The summed E-state index contributed by atoms with van der Waals surface area (Å²) in [7, 11) is 1.77. The van der Waals surface area contributed by atoms with Crippen molar-refractivity contribution >= 4 is 11.8 Å². The fourth-order valence-electron chi connectivity index (χ4n) is 2.47. The second-order valence-electron chi connectivity index (χ2n) is 5.66. The number of benzene rings is 2. The molecule has 0 saturated carbocycles. The van der Waals surface area contributed by atoms with Gasteiger partial charge in [0.1, 0.15) is 11.6 Å². The number of aromatic nitrogens is 5. The van der Waals surface area contributed by atoms with Crippen LogP contribution in [0.4, 0.5) is 8.78 Å². The lowest BCUT2D eigenvalue weighted by atomic mass is 10.2. The fourth-order valence-corrected chi connectivity index (χ4v) is 3.22. The highest BCUT2D eigenvalue weighted by Crippen LogP contribution is 2.26. The zero-order valence-corrected chi connectivity index (χ0v) is 15.0. The molecule has 0 spiro atoms. The minimum atomic E-state index is -0.355. The molecular formula is C18H13F2N5OS. The molecule has 0 N–H and O–H groups in total. The zero-order chi connectivity index (χ0) is 18.8. The van der Waals surface area contributed by atoms with Gasteiger partial charge in [-0.05, 0) is 36.4 Å². The van der Waals surface area contributed by atoms with Crippen molar-refractivity contribution in [1.29, 1.82) is 0 Å². The predicted molar refractivity (Wildman–Crippen MR) is 95.7 cm³/mol. The molecule has 4 aromatic rings. The first-order chi connectivity index (χ1) is 13.1. The zero-order valence-electron chi connectivity index (χ0n) is 14.1. The van der Waals surface area contributed by atoms with Gasteiger partial charge in [-0.25, -0.2) is 8.78 Å². The van der Waals surface area contributed by atoms with Crippen LogP contribution in [0, 0.1) is 11.6 Å². The average molecular weight is 385 g/mol. The molecule has 136 valence electrons. The molecule has 0 aliphatic rings. The van der Waals surface area contributed by atoms with Crippen LogP contribution in [0.25, 0.3) is 22.8 Å².